The fourth-order valence-electron chi connectivity index (χ4n) is 3.28. The molecular weight excluding hydrogens is 348 g/mol. The number of benzene rings is 2. The van der Waals surface area contributed by atoms with Crippen LogP contribution in [-0.4, -0.2) is 22.4 Å². The van der Waals surface area contributed by atoms with Crippen LogP contribution < -0.4 is 10.6 Å². The van der Waals surface area contributed by atoms with Crippen molar-refractivity contribution in [1.29, 1.82) is 0 Å². The molecule has 0 spiro atoms. The van der Waals surface area contributed by atoms with E-state index in [1.807, 2.05) is 45.9 Å². The zero-order valence-corrected chi connectivity index (χ0v) is 16.8. The van der Waals surface area contributed by atoms with Crippen LogP contribution >= 0.6 is 0 Å². The van der Waals surface area contributed by atoms with Crippen LogP contribution in [0.4, 0.5) is 11.6 Å². The van der Waals surface area contributed by atoms with Crippen molar-refractivity contribution in [2.75, 3.05) is 17.2 Å². The van der Waals surface area contributed by atoms with Gasteiger partial charge in [0, 0.05) is 17.9 Å². The molecule has 3 rings (SSSR count). The van der Waals surface area contributed by atoms with E-state index >= 15 is 0 Å². The largest absolute Gasteiger partial charge is 0.354 e. The first kappa shape index (κ1) is 19.5. The molecule has 28 heavy (non-hydrogen) atoms. The maximum Gasteiger partial charge on any atom is 0.274 e. The highest BCUT2D eigenvalue weighted by Crippen LogP contribution is 2.22. The van der Waals surface area contributed by atoms with Gasteiger partial charge in [-0.05, 0) is 56.9 Å². The highest BCUT2D eigenvalue weighted by Gasteiger charge is 2.13. The number of aromatic nitrogens is 2. The van der Waals surface area contributed by atoms with Crippen molar-refractivity contribution >= 4 is 17.5 Å². The van der Waals surface area contributed by atoms with Gasteiger partial charge in [-0.1, -0.05) is 48.0 Å². The summed E-state index contributed by atoms with van der Waals surface area (Å²) in [6, 6.07) is 16.0. The van der Waals surface area contributed by atoms with Crippen molar-refractivity contribution < 1.29 is 4.79 Å². The molecule has 0 atom stereocenters. The Hall–Kier alpha value is -3.21. The van der Waals surface area contributed by atoms with Crippen LogP contribution in [0.2, 0.25) is 0 Å². The Labute approximate surface area is 166 Å². The predicted molar refractivity (Wildman–Crippen MR) is 114 cm³/mol. The van der Waals surface area contributed by atoms with Crippen LogP contribution in [-0.2, 0) is 6.42 Å². The van der Waals surface area contributed by atoms with Gasteiger partial charge < -0.3 is 10.6 Å². The number of nitrogens with one attached hydrogen (secondary N) is 2. The topological polar surface area (TPSA) is 66.9 Å². The van der Waals surface area contributed by atoms with Gasteiger partial charge >= 0.3 is 0 Å². The van der Waals surface area contributed by atoms with Crippen LogP contribution in [0.3, 0.4) is 0 Å². The first-order valence-corrected chi connectivity index (χ1v) is 9.45. The normalized spacial score (nSPS) is 10.6. The van der Waals surface area contributed by atoms with Gasteiger partial charge in [-0.15, -0.1) is 0 Å². The molecule has 0 saturated heterocycles. The summed E-state index contributed by atoms with van der Waals surface area (Å²) in [5.41, 5.74) is 6.44. The van der Waals surface area contributed by atoms with E-state index in [1.165, 1.54) is 11.1 Å². The molecule has 0 fully saturated rings. The molecule has 5 nitrogen and oxygen atoms in total. The number of carbonyl (C=O) groups is 1. The van der Waals surface area contributed by atoms with Gasteiger partial charge in [-0.2, -0.15) is 0 Å². The Morgan fingerprint density at radius 3 is 2.29 bits per heavy atom. The minimum Gasteiger partial charge on any atom is -0.354 e. The molecule has 1 aromatic heterocycles. The zero-order valence-electron chi connectivity index (χ0n) is 16.8. The molecular formula is C23H26N4O. The second-order valence-corrected chi connectivity index (χ2v) is 7.11. The van der Waals surface area contributed by atoms with Gasteiger partial charge in [0.15, 0.2) is 0 Å². The van der Waals surface area contributed by atoms with Crippen LogP contribution in [0.25, 0.3) is 0 Å². The summed E-state index contributed by atoms with van der Waals surface area (Å²) >= 11 is 0. The summed E-state index contributed by atoms with van der Waals surface area (Å²) in [5, 5.41) is 6.22. The van der Waals surface area contributed by atoms with Crippen molar-refractivity contribution in [2.45, 2.75) is 34.1 Å². The second kappa shape index (κ2) is 8.65. The van der Waals surface area contributed by atoms with Crippen LogP contribution in [0.5, 0.6) is 0 Å². The minimum atomic E-state index is -0.230. The third-order valence-electron chi connectivity index (χ3n) is 4.54. The van der Waals surface area contributed by atoms with E-state index in [0.717, 1.165) is 28.9 Å². The van der Waals surface area contributed by atoms with Crippen LogP contribution in [0.15, 0.2) is 48.5 Å². The molecule has 2 aromatic carbocycles. The fourth-order valence-corrected chi connectivity index (χ4v) is 3.28. The standard InChI is InChI=1S/C23H26N4O/c1-15-12-16(2)21(17(3)13-15)27-22(28)20-14-18(4)25-23(26-20)24-11-10-19-8-6-5-7-9-19/h5-9,12-14H,10-11H2,1-4H3,(H,27,28)(H,24,25,26). The molecule has 1 heterocycles. The maximum absolute atomic E-state index is 12.8. The van der Waals surface area contributed by atoms with E-state index in [9.17, 15) is 4.79 Å². The smallest absolute Gasteiger partial charge is 0.274 e. The first-order valence-electron chi connectivity index (χ1n) is 9.45. The van der Waals surface area contributed by atoms with E-state index < -0.39 is 0 Å². The minimum absolute atomic E-state index is 0.230. The lowest BCUT2D eigenvalue weighted by Crippen LogP contribution is -2.18. The van der Waals surface area contributed by atoms with Gasteiger partial charge in [0.05, 0.1) is 0 Å². The lowest BCUT2D eigenvalue weighted by Gasteiger charge is -2.13. The Morgan fingerprint density at radius 2 is 1.61 bits per heavy atom. The second-order valence-electron chi connectivity index (χ2n) is 7.11. The van der Waals surface area contributed by atoms with E-state index in [1.54, 1.807) is 6.07 Å². The molecule has 2 N–H and O–H groups in total. The average molecular weight is 374 g/mol. The van der Waals surface area contributed by atoms with Gasteiger partial charge in [-0.25, -0.2) is 9.97 Å². The van der Waals surface area contributed by atoms with E-state index in [2.05, 4.69) is 44.9 Å². The van der Waals surface area contributed by atoms with E-state index in [-0.39, 0.29) is 5.91 Å². The van der Waals surface area contributed by atoms with E-state index in [0.29, 0.717) is 18.2 Å². The average Bonchev–Trinajstić information content (AvgIpc) is 2.65. The molecule has 0 saturated carbocycles. The third kappa shape index (κ3) is 4.94. The SMILES string of the molecule is Cc1cc(C)c(NC(=O)c2cc(C)nc(NCCc3ccccc3)n2)c(C)c1. The zero-order chi connectivity index (χ0) is 20.1. The molecule has 1 amide bonds. The van der Waals surface area contributed by atoms with Crippen molar-refractivity contribution in [2.24, 2.45) is 0 Å². The van der Waals surface area contributed by atoms with Crippen molar-refractivity contribution in [3.8, 4) is 0 Å². The summed E-state index contributed by atoms with van der Waals surface area (Å²) < 4.78 is 0. The van der Waals surface area contributed by atoms with Crippen molar-refractivity contribution in [3.63, 3.8) is 0 Å². The molecule has 5 heteroatoms. The quantitative estimate of drug-likeness (QED) is 0.661. The van der Waals surface area contributed by atoms with Crippen LogP contribution in [0, 0.1) is 27.7 Å². The number of hydrogen-bond acceptors (Lipinski definition) is 4. The maximum atomic E-state index is 12.8. The van der Waals surface area contributed by atoms with Gasteiger partial charge in [0.25, 0.3) is 5.91 Å². The molecule has 0 bridgehead atoms. The molecule has 0 aliphatic carbocycles. The summed E-state index contributed by atoms with van der Waals surface area (Å²) in [4.78, 5) is 21.6. The summed E-state index contributed by atoms with van der Waals surface area (Å²) in [6.45, 7) is 8.61. The van der Waals surface area contributed by atoms with Gasteiger partial charge in [-0.3, -0.25) is 4.79 Å². The van der Waals surface area contributed by atoms with Crippen LogP contribution in [0.1, 0.15) is 38.4 Å². The highest BCUT2D eigenvalue weighted by atomic mass is 16.1. The lowest BCUT2D eigenvalue weighted by atomic mass is 10.0. The molecule has 3 aromatic rings. The summed E-state index contributed by atoms with van der Waals surface area (Å²) in [5.74, 6) is 0.241. The summed E-state index contributed by atoms with van der Waals surface area (Å²) in [6.07, 6.45) is 0.863. The number of nitrogens with zero attached hydrogens (tertiary/aromatic N) is 2. The molecule has 0 unspecified atom stereocenters. The number of carbonyl (C=O) groups excluding carboxylic acids is 1. The molecule has 0 aliphatic heterocycles. The monoisotopic (exact) mass is 374 g/mol. The Bertz CT molecular complexity index is 960. The number of rotatable bonds is 6. The Balaban J connectivity index is 1.71. The fraction of sp³-hybridized carbons (Fsp3) is 0.261. The van der Waals surface area contributed by atoms with Gasteiger partial charge in [0.2, 0.25) is 5.95 Å². The molecule has 0 radical (unpaired) electrons. The van der Waals surface area contributed by atoms with Gasteiger partial charge in [0.1, 0.15) is 5.69 Å². The lowest BCUT2D eigenvalue weighted by molar-refractivity contribution is 0.102. The molecule has 0 aliphatic rings. The van der Waals surface area contributed by atoms with Crippen molar-refractivity contribution in [1.82, 2.24) is 9.97 Å². The predicted octanol–water partition coefficient (Wildman–Crippen LogP) is 4.62. The van der Waals surface area contributed by atoms with Crippen molar-refractivity contribution in [3.05, 3.63) is 82.2 Å². The number of hydrogen-bond donors (Lipinski definition) is 2. The third-order valence-corrected chi connectivity index (χ3v) is 4.54. The number of anilines is 2. The Kier molecular flexibility index (Phi) is 6.04. The first-order chi connectivity index (χ1) is 13.4. The number of amides is 1. The number of aryl methyl sites for hydroxylation is 4. The Morgan fingerprint density at radius 1 is 0.929 bits per heavy atom. The highest BCUT2D eigenvalue weighted by molar-refractivity contribution is 6.04. The molecule has 144 valence electrons. The summed E-state index contributed by atoms with van der Waals surface area (Å²) in [7, 11) is 0. The van der Waals surface area contributed by atoms with E-state index in [4.69, 9.17) is 0 Å².